The van der Waals surface area contributed by atoms with Gasteiger partial charge in [0.05, 0.1) is 46.5 Å². The Morgan fingerprint density at radius 1 is 1.19 bits per heavy atom. The Kier molecular flexibility index (Phi) is 9.65. The van der Waals surface area contributed by atoms with Crippen LogP contribution in [0.4, 0.5) is 0 Å². The minimum Gasteiger partial charge on any atom is -0.458 e. The molecule has 3 rings (SSSR count). The number of hydrogen-bond donors (Lipinski definition) is 2. The smallest absolute Gasteiger partial charge is 0.309 e. The molecule has 1 aromatic heterocycles. The van der Waals surface area contributed by atoms with Crippen molar-refractivity contribution in [3.8, 4) is 0 Å². The molecule has 0 amide bonds. The van der Waals surface area contributed by atoms with Gasteiger partial charge in [0.25, 0.3) is 0 Å². The first kappa shape index (κ1) is 29.8. The normalized spacial score (nSPS) is 36.0. The molecule has 37 heavy (non-hydrogen) atoms. The molecule has 2 N–H and O–H groups in total. The number of Topliss-reactive ketones (excluding diaryl/α,β-unsaturated/α-hetero) is 1. The first-order chi connectivity index (χ1) is 17.3. The second kappa shape index (κ2) is 12.0. The molecule has 1 aromatic rings. The second-order valence-electron chi connectivity index (χ2n) is 11.6. The molecule has 2 aliphatic heterocycles. The summed E-state index contributed by atoms with van der Waals surface area (Å²) in [6.45, 7) is 10.9. The van der Waals surface area contributed by atoms with Crippen LogP contribution in [0, 0.1) is 17.3 Å². The number of nitrogens with zero attached hydrogens (tertiary/aromatic N) is 1. The number of fused-ring (bicyclic) bond motifs is 1. The van der Waals surface area contributed by atoms with E-state index >= 15 is 0 Å². The van der Waals surface area contributed by atoms with Gasteiger partial charge >= 0.3 is 5.97 Å². The Balaban J connectivity index is 1.87. The number of thioether (sulfide) groups is 1. The number of carbonyl (C=O) groups excluding carboxylic acids is 2. The molecule has 0 radical (unpaired) electrons. The van der Waals surface area contributed by atoms with E-state index in [2.05, 4.69) is 11.9 Å². The van der Waals surface area contributed by atoms with E-state index in [-0.39, 0.29) is 29.8 Å². The summed E-state index contributed by atoms with van der Waals surface area (Å²) >= 11 is 1.56. The molecule has 2 fully saturated rings. The van der Waals surface area contributed by atoms with E-state index < -0.39 is 35.6 Å². The highest BCUT2D eigenvalue weighted by Crippen LogP contribution is 2.45. The summed E-state index contributed by atoms with van der Waals surface area (Å²) in [4.78, 5) is 30.9. The van der Waals surface area contributed by atoms with E-state index in [0.717, 1.165) is 35.6 Å². The Morgan fingerprint density at radius 2 is 1.89 bits per heavy atom. The third kappa shape index (κ3) is 7.22. The molecule has 8 heteroatoms. The van der Waals surface area contributed by atoms with Crippen molar-refractivity contribution in [1.82, 2.24) is 4.98 Å². The van der Waals surface area contributed by atoms with E-state index in [4.69, 9.17) is 9.47 Å². The number of epoxide rings is 1. The van der Waals surface area contributed by atoms with Crippen molar-refractivity contribution in [2.24, 2.45) is 17.3 Å². The summed E-state index contributed by atoms with van der Waals surface area (Å²) in [6, 6.07) is 5.80. The highest BCUT2D eigenvalue weighted by Gasteiger charge is 2.53. The van der Waals surface area contributed by atoms with Crippen LogP contribution in [-0.2, 0) is 19.1 Å². The zero-order valence-corrected chi connectivity index (χ0v) is 24.0. The molecule has 0 saturated carbocycles. The zero-order valence-electron chi connectivity index (χ0n) is 23.2. The third-order valence-corrected chi connectivity index (χ3v) is 8.89. The van der Waals surface area contributed by atoms with Gasteiger partial charge in [-0.05, 0) is 62.6 Å². The van der Waals surface area contributed by atoms with E-state index in [9.17, 15) is 19.8 Å². The molecule has 0 aliphatic carbocycles. The van der Waals surface area contributed by atoms with Crippen molar-refractivity contribution in [2.75, 3.05) is 6.26 Å². The first-order valence-electron chi connectivity index (χ1n) is 13.3. The van der Waals surface area contributed by atoms with Crippen LogP contribution in [0.3, 0.4) is 0 Å². The topological polar surface area (TPSA) is 109 Å². The van der Waals surface area contributed by atoms with Crippen LogP contribution in [0.15, 0.2) is 28.8 Å². The number of aromatic nitrogens is 1. The Labute approximate surface area is 225 Å². The standard InChI is InChI=1S/C29H43NO6S/c1-17-10-9-13-29(6)23(36-29)15-21(18(2)14-20-11-8-12-24(30-20)37-7)35-25(32)16-22(31)28(4,5)27(34)19(3)26(17)33/h8,11-12,14,17,19,21-23,26,31,33H,9-10,13,15-16H2,1-7H3/b18-14+/t17-,19+,21-,22-,23-,26-,29+/m0/s1. The van der Waals surface area contributed by atoms with E-state index in [1.807, 2.05) is 44.4 Å². The molecular weight excluding hydrogens is 490 g/mol. The van der Waals surface area contributed by atoms with Gasteiger partial charge < -0.3 is 19.7 Å². The molecule has 0 aromatic carbocycles. The third-order valence-electron chi connectivity index (χ3n) is 8.24. The van der Waals surface area contributed by atoms with Gasteiger partial charge in [0.15, 0.2) is 0 Å². The lowest BCUT2D eigenvalue weighted by Gasteiger charge is -2.34. The maximum absolute atomic E-state index is 13.3. The zero-order chi connectivity index (χ0) is 27.5. The fourth-order valence-corrected chi connectivity index (χ4v) is 5.66. The van der Waals surface area contributed by atoms with Crippen LogP contribution in [0.2, 0.25) is 0 Å². The fourth-order valence-electron chi connectivity index (χ4n) is 5.25. The van der Waals surface area contributed by atoms with Crippen LogP contribution in [0.5, 0.6) is 0 Å². The molecule has 206 valence electrons. The summed E-state index contributed by atoms with van der Waals surface area (Å²) in [5.74, 6) is -1.57. The largest absolute Gasteiger partial charge is 0.458 e. The minimum absolute atomic E-state index is 0.0610. The number of ether oxygens (including phenoxy) is 2. The maximum Gasteiger partial charge on any atom is 0.309 e. The molecule has 0 bridgehead atoms. The molecule has 0 spiro atoms. The Bertz CT molecular complexity index is 1010. The predicted octanol–water partition coefficient (Wildman–Crippen LogP) is 4.83. The van der Waals surface area contributed by atoms with Crippen molar-refractivity contribution in [1.29, 1.82) is 0 Å². The van der Waals surface area contributed by atoms with Gasteiger partial charge in [-0.1, -0.05) is 40.2 Å². The molecule has 2 saturated heterocycles. The number of aliphatic hydroxyl groups is 2. The first-order valence-corrected chi connectivity index (χ1v) is 14.5. The number of esters is 1. The number of carbonyl (C=O) groups is 2. The van der Waals surface area contributed by atoms with Crippen molar-refractivity contribution >= 4 is 29.6 Å². The highest BCUT2D eigenvalue weighted by molar-refractivity contribution is 7.98. The summed E-state index contributed by atoms with van der Waals surface area (Å²) in [5.41, 5.74) is 0.0948. The molecule has 2 aliphatic rings. The van der Waals surface area contributed by atoms with Crippen molar-refractivity contribution in [2.45, 2.75) is 109 Å². The minimum atomic E-state index is -1.24. The molecular formula is C29H43NO6S. The van der Waals surface area contributed by atoms with Gasteiger partial charge in [-0.2, -0.15) is 0 Å². The van der Waals surface area contributed by atoms with Gasteiger partial charge in [0, 0.05) is 12.3 Å². The Hall–Kier alpha value is -1.74. The average Bonchev–Trinajstić information content (AvgIpc) is 3.49. The van der Waals surface area contributed by atoms with E-state index in [1.54, 1.807) is 32.5 Å². The maximum atomic E-state index is 13.3. The average molecular weight is 534 g/mol. The number of ketones is 1. The number of pyridine rings is 1. The van der Waals surface area contributed by atoms with Gasteiger partial charge in [-0.25, -0.2) is 4.98 Å². The van der Waals surface area contributed by atoms with Crippen molar-refractivity contribution in [3.63, 3.8) is 0 Å². The molecule has 3 heterocycles. The van der Waals surface area contributed by atoms with Crippen LogP contribution in [0.25, 0.3) is 6.08 Å². The number of hydrogen-bond acceptors (Lipinski definition) is 8. The predicted molar refractivity (Wildman–Crippen MR) is 145 cm³/mol. The van der Waals surface area contributed by atoms with E-state index in [1.165, 1.54) is 0 Å². The quantitative estimate of drug-likeness (QED) is 0.323. The SMILES string of the molecule is CSc1cccc(/C=C(\C)[C@@H]2C[C@@H]3O[C@]3(C)CCC[C@H](C)[C@H](O)[C@@H](C)C(=O)C(C)(C)[C@@H](O)CC(=O)O2)n1. The monoisotopic (exact) mass is 533 g/mol. The molecule has 7 atom stereocenters. The van der Waals surface area contributed by atoms with Crippen LogP contribution in [0.1, 0.15) is 79.3 Å². The summed E-state index contributed by atoms with van der Waals surface area (Å²) in [6.07, 6.45) is 3.85. The van der Waals surface area contributed by atoms with Gasteiger partial charge in [-0.15, -0.1) is 11.8 Å². The lowest BCUT2D eigenvalue weighted by atomic mass is 9.73. The van der Waals surface area contributed by atoms with Gasteiger partial charge in [0.1, 0.15) is 11.9 Å². The summed E-state index contributed by atoms with van der Waals surface area (Å²) in [7, 11) is 0. The van der Waals surface area contributed by atoms with Gasteiger partial charge in [0.2, 0.25) is 0 Å². The van der Waals surface area contributed by atoms with Crippen LogP contribution < -0.4 is 0 Å². The summed E-state index contributed by atoms with van der Waals surface area (Å²) in [5, 5.41) is 22.7. The number of aliphatic hydroxyl groups excluding tert-OH is 2. The fraction of sp³-hybridized carbons (Fsp3) is 0.690. The lowest BCUT2D eigenvalue weighted by molar-refractivity contribution is -0.154. The highest BCUT2D eigenvalue weighted by atomic mass is 32.2. The Morgan fingerprint density at radius 3 is 2.57 bits per heavy atom. The van der Waals surface area contributed by atoms with Crippen molar-refractivity contribution < 1.29 is 29.3 Å². The van der Waals surface area contributed by atoms with Gasteiger partial charge in [-0.3, -0.25) is 9.59 Å². The number of cyclic esters (lactones) is 1. The second-order valence-corrected chi connectivity index (χ2v) is 12.4. The van der Waals surface area contributed by atoms with E-state index in [0.29, 0.717) is 6.42 Å². The number of rotatable bonds is 3. The van der Waals surface area contributed by atoms with Crippen LogP contribution >= 0.6 is 11.8 Å². The molecule has 7 nitrogen and oxygen atoms in total. The van der Waals surface area contributed by atoms with Crippen molar-refractivity contribution in [3.05, 3.63) is 29.5 Å². The molecule has 0 unspecified atom stereocenters. The summed E-state index contributed by atoms with van der Waals surface area (Å²) < 4.78 is 12.0. The van der Waals surface area contributed by atoms with Crippen LogP contribution in [-0.4, -0.2) is 63.2 Å². The lowest BCUT2D eigenvalue weighted by Crippen LogP contribution is -2.45.